The van der Waals surface area contributed by atoms with Crippen LogP contribution in [0.5, 0.6) is 0 Å². The summed E-state index contributed by atoms with van der Waals surface area (Å²) in [6.07, 6.45) is 5.53. The van der Waals surface area contributed by atoms with Gasteiger partial charge in [0.1, 0.15) is 0 Å². The molecule has 0 aliphatic carbocycles. The zero-order chi connectivity index (χ0) is 35.1. The molecular weight excluding hydrogens is 625 g/mol. The van der Waals surface area contributed by atoms with Gasteiger partial charge in [0, 0.05) is 38.1 Å². The predicted octanol–water partition coefficient (Wildman–Crippen LogP) is 10.8. The molecule has 6 aromatic rings. The second-order valence-corrected chi connectivity index (χ2v) is 13.7. The van der Waals surface area contributed by atoms with Crippen molar-refractivity contribution in [2.75, 3.05) is 40.4 Å². The van der Waals surface area contributed by atoms with E-state index >= 15 is 0 Å². The van der Waals surface area contributed by atoms with Gasteiger partial charge >= 0.3 is 0 Å². The molecular formula is C47H54N2O2. The van der Waals surface area contributed by atoms with E-state index in [4.69, 9.17) is 9.47 Å². The van der Waals surface area contributed by atoms with E-state index in [0.29, 0.717) is 0 Å². The van der Waals surface area contributed by atoms with E-state index in [9.17, 15) is 0 Å². The Hall–Kier alpha value is -4.32. The maximum Gasteiger partial charge on any atom is 0.0905 e. The van der Waals surface area contributed by atoms with Crippen LogP contribution in [-0.4, -0.2) is 40.4 Å². The van der Waals surface area contributed by atoms with Gasteiger partial charge in [-0.2, -0.15) is 0 Å². The van der Waals surface area contributed by atoms with Crippen LogP contribution in [-0.2, 0) is 9.47 Å². The Labute approximate surface area is 305 Å². The van der Waals surface area contributed by atoms with Crippen molar-refractivity contribution in [2.24, 2.45) is 0 Å². The molecule has 0 fully saturated rings. The van der Waals surface area contributed by atoms with Crippen molar-refractivity contribution >= 4 is 21.5 Å². The lowest BCUT2D eigenvalue weighted by molar-refractivity contribution is 0.0279. The average molecular weight is 679 g/mol. The fourth-order valence-electron chi connectivity index (χ4n) is 7.45. The number of unbranched alkanes of at least 4 members (excludes halogenated alkanes) is 4. The second-order valence-electron chi connectivity index (χ2n) is 13.7. The third kappa shape index (κ3) is 9.93. The lowest BCUT2D eigenvalue weighted by atomic mass is 9.87. The predicted molar refractivity (Wildman–Crippen MR) is 215 cm³/mol. The number of benzene rings is 6. The summed E-state index contributed by atoms with van der Waals surface area (Å²) in [5.74, 6) is 0.413. The number of likely N-dealkylation sites (N-methyl/N-ethyl adjacent to an activating group) is 2. The summed E-state index contributed by atoms with van der Waals surface area (Å²) < 4.78 is 13.5. The molecule has 4 atom stereocenters. The molecule has 0 saturated carbocycles. The van der Waals surface area contributed by atoms with Crippen LogP contribution in [0.25, 0.3) is 21.5 Å². The Morgan fingerprint density at radius 3 is 1.18 bits per heavy atom. The number of nitrogens with one attached hydrogen (secondary N) is 2. The fraction of sp³-hybridized carbons (Fsp3) is 0.319. The lowest BCUT2D eigenvalue weighted by Crippen LogP contribution is -2.25. The van der Waals surface area contributed by atoms with Gasteiger partial charge in [0.2, 0.25) is 0 Å². The highest BCUT2D eigenvalue weighted by Crippen LogP contribution is 2.37. The summed E-state index contributed by atoms with van der Waals surface area (Å²) in [6.45, 7) is 3.19. The molecule has 0 heterocycles. The third-order valence-electron chi connectivity index (χ3n) is 10.1. The third-order valence-corrected chi connectivity index (χ3v) is 10.1. The van der Waals surface area contributed by atoms with E-state index in [1.807, 2.05) is 14.1 Å². The molecule has 0 amide bonds. The fourth-order valence-corrected chi connectivity index (χ4v) is 7.45. The van der Waals surface area contributed by atoms with Crippen LogP contribution in [0.1, 0.15) is 78.4 Å². The Morgan fingerprint density at radius 2 is 0.765 bits per heavy atom. The summed E-state index contributed by atoms with van der Waals surface area (Å²) in [6, 6.07) is 52.4. The van der Waals surface area contributed by atoms with Gasteiger partial charge in [0.05, 0.1) is 12.2 Å². The first kappa shape index (κ1) is 36.5. The summed E-state index contributed by atoms with van der Waals surface area (Å²) in [4.78, 5) is 0. The summed E-state index contributed by atoms with van der Waals surface area (Å²) >= 11 is 0. The number of rotatable bonds is 20. The molecule has 0 saturated heterocycles. The number of hydrogen-bond acceptors (Lipinski definition) is 4. The second kappa shape index (κ2) is 19.3. The van der Waals surface area contributed by atoms with Crippen molar-refractivity contribution in [3.05, 3.63) is 168 Å². The highest BCUT2D eigenvalue weighted by atomic mass is 16.5. The highest BCUT2D eigenvalue weighted by molar-refractivity contribution is 5.84. The molecule has 0 spiro atoms. The summed E-state index contributed by atoms with van der Waals surface area (Å²) in [5.41, 5.74) is 5.08. The molecule has 0 aliphatic heterocycles. The van der Waals surface area contributed by atoms with Gasteiger partial charge in [-0.15, -0.1) is 0 Å². The average Bonchev–Trinajstić information content (AvgIpc) is 3.19. The van der Waals surface area contributed by atoms with Crippen molar-refractivity contribution in [1.29, 1.82) is 0 Å². The highest BCUT2D eigenvalue weighted by Gasteiger charge is 2.27. The first-order valence-electron chi connectivity index (χ1n) is 18.8. The van der Waals surface area contributed by atoms with E-state index in [1.165, 1.54) is 50.2 Å². The monoisotopic (exact) mass is 678 g/mol. The molecule has 4 heteroatoms. The number of fused-ring (bicyclic) bond motifs is 2. The maximum atomic E-state index is 6.77. The van der Waals surface area contributed by atoms with Gasteiger partial charge in [-0.1, -0.05) is 165 Å². The van der Waals surface area contributed by atoms with Crippen LogP contribution in [0.15, 0.2) is 146 Å². The van der Waals surface area contributed by atoms with Crippen molar-refractivity contribution in [3.63, 3.8) is 0 Å². The molecule has 2 N–H and O–H groups in total. The summed E-state index contributed by atoms with van der Waals surface area (Å²) in [7, 11) is 4.07. The molecule has 51 heavy (non-hydrogen) atoms. The smallest absolute Gasteiger partial charge is 0.0905 e. The maximum absolute atomic E-state index is 6.77. The Kier molecular flexibility index (Phi) is 13.8. The van der Waals surface area contributed by atoms with Crippen LogP contribution in [0.4, 0.5) is 0 Å². The molecule has 0 unspecified atom stereocenters. The minimum atomic E-state index is -0.0173. The van der Waals surface area contributed by atoms with Crippen LogP contribution >= 0.6 is 0 Å². The number of ether oxygens (including phenoxy) is 2. The normalized spacial score (nSPS) is 14.0. The first-order chi connectivity index (χ1) is 25.2. The minimum absolute atomic E-state index is 0.0173. The number of hydrogen-bond donors (Lipinski definition) is 2. The van der Waals surface area contributed by atoms with E-state index in [0.717, 1.165) is 52.0 Å². The SMILES string of the molecule is CNC[C@H](c1ccc2ccccc2c1)[C@H](OCCCCCCCO[C@H](c1ccccc1)[C@H](CNC)c1ccc2ccccc2c1)c1ccccc1. The molecule has 0 radical (unpaired) electrons. The van der Waals surface area contributed by atoms with Crippen molar-refractivity contribution in [2.45, 2.75) is 56.1 Å². The van der Waals surface area contributed by atoms with Crippen LogP contribution < -0.4 is 10.6 Å². The topological polar surface area (TPSA) is 42.5 Å². The van der Waals surface area contributed by atoms with Gasteiger partial charge in [-0.05, 0) is 70.7 Å². The Bertz CT molecular complexity index is 1750. The molecule has 0 aromatic heterocycles. The minimum Gasteiger partial charge on any atom is -0.373 e. The van der Waals surface area contributed by atoms with E-state index < -0.39 is 0 Å². The zero-order valence-electron chi connectivity index (χ0n) is 30.3. The standard InChI is InChI=1S/C47H54N2O2/c1-48-34-44(42-28-26-36-18-12-14-24-40(36)32-42)46(38-20-8-6-9-21-38)50-30-16-4-3-5-17-31-51-47(39-22-10-7-11-23-39)45(35-49-2)43-29-27-37-19-13-15-25-41(37)33-43/h6-15,18-29,32-33,44-49H,3-5,16-17,30-31,34-35H2,1-2H3/t44-,45-,46-,47-/m1/s1. The summed E-state index contributed by atoms with van der Waals surface area (Å²) in [5, 5.41) is 12.0. The zero-order valence-corrected chi connectivity index (χ0v) is 30.3. The molecule has 0 bridgehead atoms. The van der Waals surface area contributed by atoms with Gasteiger partial charge in [-0.25, -0.2) is 0 Å². The van der Waals surface area contributed by atoms with Crippen molar-refractivity contribution < 1.29 is 9.47 Å². The van der Waals surface area contributed by atoms with Crippen LogP contribution in [0.3, 0.4) is 0 Å². The van der Waals surface area contributed by atoms with E-state index in [-0.39, 0.29) is 24.0 Å². The Morgan fingerprint density at radius 1 is 0.392 bits per heavy atom. The van der Waals surface area contributed by atoms with E-state index in [1.54, 1.807) is 0 Å². The molecule has 4 nitrogen and oxygen atoms in total. The quantitative estimate of drug-likeness (QED) is 0.0789. The van der Waals surface area contributed by atoms with E-state index in [2.05, 4.69) is 156 Å². The molecule has 6 aromatic carbocycles. The van der Waals surface area contributed by atoms with Gasteiger partial charge in [0.15, 0.2) is 0 Å². The largest absolute Gasteiger partial charge is 0.373 e. The Balaban J connectivity index is 1.02. The molecule has 0 aliphatic rings. The van der Waals surface area contributed by atoms with Gasteiger partial charge in [0.25, 0.3) is 0 Å². The van der Waals surface area contributed by atoms with Gasteiger partial charge in [-0.3, -0.25) is 0 Å². The first-order valence-corrected chi connectivity index (χ1v) is 18.8. The molecule has 264 valence electrons. The van der Waals surface area contributed by atoms with Crippen LogP contribution in [0.2, 0.25) is 0 Å². The van der Waals surface area contributed by atoms with Gasteiger partial charge < -0.3 is 20.1 Å². The molecule has 6 rings (SSSR count). The lowest BCUT2D eigenvalue weighted by Gasteiger charge is -2.29. The van der Waals surface area contributed by atoms with Crippen LogP contribution in [0, 0.1) is 0 Å². The van der Waals surface area contributed by atoms with Crippen molar-refractivity contribution in [3.8, 4) is 0 Å². The van der Waals surface area contributed by atoms with Crippen molar-refractivity contribution in [1.82, 2.24) is 10.6 Å².